The van der Waals surface area contributed by atoms with Crippen molar-refractivity contribution < 1.29 is 9.13 Å². The second-order valence-corrected chi connectivity index (χ2v) is 8.30. The fourth-order valence-electron chi connectivity index (χ4n) is 3.47. The second-order valence-electron chi connectivity index (χ2n) is 6.92. The lowest BCUT2D eigenvalue weighted by Crippen LogP contribution is -2.00. The van der Waals surface area contributed by atoms with Crippen molar-refractivity contribution in [1.29, 1.82) is 0 Å². The molecule has 0 N–H and O–H groups in total. The van der Waals surface area contributed by atoms with E-state index in [1.54, 1.807) is 18.3 Å². The Morgan fingerprint density at radius 2 is 1.86 bits per heavy atom. The van der Waals surface area contributed by atoms with E-state index in [1.165, 1.54) is 30.4 Å². The fraction of sp³-hybridized carbons (Fsp3) is 0.292. The molecule has 0 amide bonds. The first-order chi connectivity index (χ1) is 14.2. The minimum Gasteiger partial charge on any atom is -0.494 e. The number of benzene rings is 2. The Hall–Kier alpha value is -2.53. The molecule has 29 heavy (non-hydrogen) atoms. The normalized spacial score (nSPS) is 13.4. The molecule has 0 aliphatic heterocycles. The molecular weight excluding hydrogens is 383 g/mol. The van der Waals surface area contributed by atoms with E-state index < -0.39 is 0 Å². The lowest BCUT2D eigenvalue weighted by atomic mass is 10.2. The minimum absolute atomic E-state index is 0.244. The average molecular weight is 409 g/mol. The first-order valence-corrected chi connectivity index (χ1v) is 11.0. The molecule has 5 heteroatoms. The molecule has 1 saturated carbocycles. The summed E-state index contributed by atoms with van der Waals surface area (Å²) in [5.74, 6) is -0.112. The molecule has 0 unspecified atom stereocenters. The second kappa shape index (κ2) is 8.46. The molecule has 1 aliphatic carbocycles. The molecule has 0 saturated heterocycles. The number of hydrogen-bond donors (Lipinski definition) is 0. The number of fused-ring (bicyclic) bond motifs is 3. The summed E-state index contributed by atoms with van der Waals surface area (Å²) in [6, 6.07) is 15.9. The van der Waals surface area contributed by atoms with Crippen molar-refractivity contribution in [2.45, 2.75) is 43.4 Å². The number of methoxy groups -OCH3 is 1. The molecule has 2 heterocycles. The summed E-state index contributed by atoms with van der Waals surface area (Å²) < 4.78 is 21.7. The number of nitrogens with zero attached hydrogens (tertiary/aromatic N) is 2. The third-order valence-electron chi connectivity index (χ3n) is 4.98. The summed E-state index contributed by atoms with van der Waals surface area (Å²) >= 11 is 1.96. The first-order valence-electron chi connectivity index (χ1n) is 10.1. The molecule has 4 aromatic rings. The summed E-state index contributed by atoms with van der Waals surface area (Å²) in [5.41, 5.74) is 3.88. The van der Waals surface area contributed by atoms with Crippen LogP contribution in [0.2, 0.25) is 0 Å². The SMILES string of the molecule is CC.COc1cc2c3ncccc3n(Cc3ccc(SC4CC4)cc3)c2cc1F. The summed E-state index contributed by atoms with van der Waals surface area (Å²) in [6.07, 6.45) is 4.43. The molecule has 3 nitrogen and oxygen atoms in total. The van der Waals surface area contributed by atoms with Gasteiger partial charge in [0.05, 0.1) is 23.7 Å². The summed E-state index contributed by atoms with van der Waals surface area (Å²) in [6.45, 7) is 4.67. The van der Waals surface area contributed by atoms with Crippen LogP contribution < -0.4 is 4.74 Å². The standard InChI is InChI=1S/C22H19FN2OS.C2H6/c1-26-21-11-17-20(12-18(21)23)25(19-3-2-10-24-22(17)19)13-14-4-6-15(7-5-14)27-16-8-9-16;1-2/h2-7,10-12,16H,8-9,13H2,1H3;1-2H3. The Labute approximate surface area is 174 Å². The van der Waals surface area contributed by atoms with Gasteiger partial charge < -0.3 is 9.30 Å². The van der Waals surface area contributed by atoms with E-state index in [-0.39, 0.29) is 11.6 Å². The highest BCUT2D eigenvalue weighted by Gasteiger charge is 2.22. The van der Waals surface area contributed by atoms with Gasteiger partial charge in [-0.25, -0.2) is 4.39 Å². The number of pyridine rings is 1. The molecule has 1 aliphatic rings. The van der Waals surface area contributed by atoms with Gasteiger partial charge in [0.1, 0.15) is 0 Å². The van der Waals surface area contributed by atoms with Crippen molar-refractivity contribution in [3.63, 3.8) is 0 Å². The molecule has 0 bridgehead atoms. The van der Waals surface area contributed by atoms with Crippen LogP contribution in [-0.4, -0.2) is 21.9 Å². The number of thioether (sulfide) groups is 1. The van der Waals surface area contributed by atoms with Gasteiger partial charge in [0.2, 0.25) is 0 Å². The number of halogens is 1. The highest BCUT2D eigenvalue weighted by Crippen LogP contribution is 2.39. The Balaban J connectivity index is 0.000000994. The van der Waals surface area contributed by atoms with Crippen LogP contribution in [0, 0.1) is 5.82 Å². The Kier molecular flexibility index (Phi) is 5.76. The Morgan fingerprint density at radius 3 is 2.55 bits per heavy atom. The van der Waals surface area contributed by atoms with Crippen molar-refractivity contribution in [3.05, 3.63) is 66.1 Å². The summed E-state index contributed by atoms with van der Waals surface area (Å²) in [7, 11) is 1.48. The summed E-state index contributed by atoms with van der Waals surface area (Å²) in [4.78, 5) is 5.85. The van der Waals surface area contributed by atoms with Gasteiger partial charge in [-0.3, -0.25) is 4.98 Å². The highest BCUT2D eigenvalue weighted by molar-refractivity contribution is 8.00. The quantitative estimate of drug-likeness (QED) is 0.369. The van der Waals surface area contributed by atoms with E-state index in [0.717, 1.165) is 27.2 Å². The Bertz CT molecular complexity index is 1130. The molecule has 0 atom stereocenters. The van der Waals surface area contributed by atoms with E-state index in [4.69, 9.17) is 4.74 Å². The predicted molar refractivity (Wildman–Crippen MR) is 120 cm³/mol. The highest BCUT2D eigenvalue weighted by atomic mass is 32.2. The van der Waals surface area contributed by atoms with Crippen LogP contribution in [-0.2, 0) is 6.54 Å². The van der Waals surface area contributed by atoms with Crippen LogP contribution in [0.25, 0.3) is 21.9 Å². The van der Waals surface area contributed by atoms with E-state index >= 15 is 0 Å². The van der Waals surface area contributed by atoms with Gasteiger partial charge in [-0.05, 0) is 48.7 Å². The molecule has 150 valence electrons. The minimum atomic E-state index is -0.356. The van der Waals surface area contributed by atoms with Gasteiger partial charge in [-0.15, -0.1) is 11.8 Å². The monoisotopic (exact) mass is 408 g/mol. The maximum atomic E-state index is 14.4. The van der Waals surface area contributed by atoms with Gasteiger partial charge in [-0.1, -0.05) is 26.0 Å². The van der Waals surface area contributed by atoms with Crippen molar-refractivity contribution in [1.82, 2.24) is 9.55 Å². The molecule has 1 fully saturated rings. The zero-order valence-corrected chi connectivity index (χ0v) is 17.8. The molecule has 5 rings (SSSR count). The molecule has 0 spiro atoms. The lowest BCUT2D eigenvalue weighted by molar-refractivity contribution is 0.387. The Morgan fingerprint density at radius 1 is 1.10 bits per heavy atom. The third-order valence-corrected chi connectivity index (χ3v) is 6.33. The van der Waals surface area contributed by atoms with E-state index in [9.17, 15) is 4.39 Å². The third kappa shape index (κ3) is 3.97. The van der Waals surface area contributed by atoms with E-state index in [0.29, 0.717) is 6.54 Å². The zero-order chi connectivity index (χ0) is 20.4. The maximum absolute atomic E-state index is 14.4. The lowest BCUT2D eigenvalue weighted by Gasteiger charge is -2.09. The number of ether oxygens (including phenoxy) is 1. The zero-order valence-electron chi connectivity index (χ0n) is 17.0. The van der Waals surface area contributed by atoms with Gasteiger partial charge in [0, 0.05) is 34.3 Å². The van der Waals surface area contributed by atoms with Crippen LogP contribution in [0.1, 0.15) is 32.3 Å². The van der Waals surface area contributed by atoms with E-state index in [2.05, 4.69) is 33.8 Å². The molecule has 0 radical (unpaired) electrons. The van der Waals surface area contributed by atoms with Gasteiger partial charge in [-0.2, -0.15) is 0 Å². The number of rotatable bonds is 5. The molecule has 2 aromatic carbocycles. The average Bonchev–Trinajstić information content (AvgIpc) is 3.54. The maximum Gasteiger partial charge on any atom is 0.167 e. The van der Waals surface area contributed by atoms with Crippen LogP contribution in [0.3, 0.4) is 0 Å². The fourth-order valence-corrected chi connectivity index (χ4v) is 4.52. The van der Waals surface area contributed by atoms with Crippen molar-refractivity contribution in [2.24, 2.45) is 0 Å². The van der Waals surface area contributed by atoms with Crippen molar-refractivity contribution >= 4 is 33.7 Å². The first kappa shape index (κ1) is 19.8. The van der Waals surface area contributed by atoms with E-state index in [1.807, 2.05) is 37.7 Å². The largest absolute Gasteiger partial charge is 0.494 e. The topological polar surface area (TPSA) is 27.1 Å². The van der Waals surface area contributed by atoms with Gasteiger partial charge >= 0.3 is 0 Å². The summed E-state index contributed by atoms with van der Waals surface area (Å²) in [5, 5.41) is 1.71. The predicted octanol–water partition coefficient (Wildman–Crippen LogP) is 6.67. The van der Waals surface area contributed by atoms with Crippen LogP contribution in [0.15, 0.2) is 59.6 Å². The smallest absolute Gasteiger partial charge is 0.167 e. The van der Waals surface area contributed by atoms with Crippen LogP contribution in [0.5, 0.6) is 5.75 Å². The van der Waals surface area contributed by atoms with Gasteiger partial charge in [0.25, 0.3) is 0 Å². The number of aromatic nitrogens is 2. The molecule has 2 aromatic heterocycles. The molecular formula is C24H25FN2OS. The van der Waals surface area contributed by atoms with Crippen LogP contribution >= 0.6 is 11.8 Å². The number of hydrogen-bond acceptors (Lipinski definition) is 3. The van der Waals surface area contributed by atoms with Gasteiger partial charge in [0.15, 0.2) is 11.6 Å². The van der Waals surface area contributed by atoms with Crippen LogP contribution in [0.4, 0.5) is 4.39 Å². The van der Waals surface area contributed by atoms with Crippen molar-refractivity contribution in [2.75, 3.05) is 7.11 Å². The van der Waals surface area contributed by atoms with Crippen molar-refractivity contribution in [3.8, 4) is 5.75 Å².